The molecule has 0 atom stereocenters. The first-order valence-electron chi connectivity index (χ1n) is 5.42. The lowest BCUT2D eigenvalue weighted by Gasteiger charge is -2.00. The zero-order valence-electron chi connectivity index (χ0n) is 9.95. The van der Waals surface area contributed by atoms with Gasteiger partial charge in [-0.15, -0.1) is 0 Å². The lowest BCUT2D eigenvalue weighted by molar-refractivity contribution is -0.384. The third-order valence-corrected chi connectivity index (χ3v) is 2.93. The van der Waals surface area contributed by atoms with E-state index < -0.39 is 10.9 Å². The average molecular weight is 338 g/mol. The van der Waals surface area contributed by atoms with Crippen LogP contribution in [-0.2, 0) is 4.79 Å². The van der Waals surface area contributed by atoms with Crippen molar-refractivity contribution in [2.45, 2.75) is 0 Å². The molecule has 0 amide bonds. The molecule has 0 bridgehead atoms. The molecule has 0 aliphatic carbocycles. The van der Waals surface area contributed by atoms with Gasteiger partial charge in [0.15, 0.2) is 0 Å². The number of furan rings is 1. The number of nitro benzene ring substituents is 1. The molecule has 1 N–H and O–H groups in total. The molecular weight excluding hydrogens is 330 g/mol. The Bertz CT molecular complexity index is 705. The molecule has 1 heterocycles. The van der Waals surface area contributed by atoms with Crippen molar-refractivity contribution in [3.8, 4) is 11.3 Å². The minimum Gasteiger partial charge on any atom is -0.478 e. The third kappa shape index (κ3) is 3.12. The second-order valence-electron chi connectivity index (χ2n) is 3.79. The van der Waals surface area contributed by atoms with E-state index in [1.165, 1.54) is 12.1 Å². The van der Waals surface area contributed by atoms with Crippen molar-refractivity contribution in [1.82, 2.24) is 0 Å². The monoisotopic (exact) mass is 337 g/mol. The normalized spacial score (nSPS) is 10.8. The SMILES string of the molecule is O=C(O)/C=C/c1ccc(-c2ccc(Br)cc2[N+](=O)[O-])o1. The van der Waals surface area contributed by atoms with E-state index in [1.54, 1.807) is 24.3 Å². The minimum atomic E-state index is -1.10. The molecular formula is C13H8BrNO5. The average Bonchev–Trinajstić information content (AvgIpc) is 2.84. The van der Waals surface area contributed by atoms with Crippen molar-refractivity contribution < 1.29 is 19.2 Å². The summed E-state index contributed by atoms with van der Waals surface area (Å²) in [7, 11) is 0. The van der Waals surface area contributed by atoms with E-state index in [2.05, 4.69) is 15.9 Å². The Kier molecular flexibility index (Phi) is 3.99. The summed E-state index contributed by atoms with van der Waals surface area (Å²) in [5, 5.41) is 19.5. The van der Waals surface area contributed by atoms with Gasteiger partial charge < -0.3 is 9.52 Å². The molecule has 6 nitrogen and oxygen atoms in total. The summed E-state index contributed by atoms with van der Waals surface area (Å²) in [6.07, 6.45) is 2.20. The molecule has 102 valence electrons. The molecule has 0 saturated heterocycles. The van der Waals surface area contributed by atoms with Crippen molar-refractivity contribution in [3.05, 3.63) is 56.8 Å². The zero-order valence-corrected chi connectivity index (χ0v) is 11.5. The van der Waals surface area contributed by atoms with E-state index in [-0.39, 0.29) is 5.69 Å². The first-order chi connectivity index (χ1) is 9.47. The molecule has 2 aromatic rings. The number of benzene rings is 1. The summed E-state index contributed by atoms with van der Waals surface area (Å²) in [5.41, 5.74) is 0.232. The number of carboxylic acids is 1. The predicted molar refractivity (Wildman–Crippen MR) is 75.2 cm³/mol. The molecule has 0 unspecified atom stereocenters. The highest BCUT2D eigenvalue weighted by Crippen LogP contribution is 2.33. The minimum absolute atomic E-state index is 0.0949. The maximum absolute atomic E-state index is 11.0. The van der Waals surface area contributed by atoms with Gasteiger partial charge in [-0.1, -0.05) is 15.9 Å². The van der Waals surface area contributed by atoms with Gasteiger partial charge in [-0.2, -0.15) is 0 Å². The number of carbonyl (C=O) groups is 1. The van der Waals surface area contributed by atoms with Crippen LogP contribution in [0.1, 0.15) is 5.76 Å². The zero-order chi connectivity index (χ0) is 14.7. The van der Waals surface area contributed by atoms with Crippen LogP contribution in [0.15, 0.2) is 45.3 Å². The second kappa shape index (κ2) is 5.70. The Morgan fingerprint density at radius 3 is 2.75 bits per heavy atom. The fraction of sp³-hybridized carbons (Fsp3) is 0. The third-order valence-electron chi connectivity index (χ3n) is 2.44. The number of nitro groups is 1. The fourth-order valence-electron chi connectivity index (χ4n) is 1.60. The van der Waals surface area contributed by atoms with E-state index in [0.717, 1.165) is 6.08 Å². The number of rotatable bonds is 4. The van der Waals surface area contributed by atoms with Gasteiger partial charge in [-0.25, -0.2) is 4.79 Å². The Morgan fingerprint density at radius 1 is 1.35 bits per heavy atom. The van der Waals surface area contributed by atoms with Crippen molar-refractivity contribution in [1.29, 1.82) is 0 Å². The van der Waals surface area contributed by atoms with Crippen LogP contribution in [0.4, 0.5) is 5.69 Å². The standard InChI is InChI=1S/C13H8BrNO5/c14-8-1-4-10(11(7-8)15(18)19)12-5-2-9(20-12)3-6-13(16)17/h1-7H,(H,16,17)/b6-3+. The lowest BCUT2D eigenvalue weighted by atomic mass is 10.1. The molecule has 0 spiro atoms. The lowest BCUT2D eigenvalue weighted by Crippen LogP contribution is -1.91. The van der Waals surface area contributed by atoms with E-state index in [0.29, 0.717) is 21.6 Å². The van der Waals surface area contributed by atoms with Gasteiger partial charge in [0.1, 0.15) is 11.5 Å². The maximum atomic E-state index is 11.0. The van der Waals surface area contributed by atoms with Crippen molar-refractivity contribution >= 4 is 33.7 Å². The van der Waals surface area contributed by atoms with Crippen LogP contribution < -0.4 is 0 Å². The van der Waals surface area contributed by atoms with Gasteiger partial charge >= 0.3 is 5.97 Å². The van der Waals surface area contributed by atoms with Crippen molar-refractivity contribution in [2.24, 2.45) is 0 Å². The molecule has 0 aliphatic rings. The van der Waals surface area contributed by atoms with E-state index in [4.69, 9.17) is 9.52 Å². The van der Waals surface area contributed by atoms with E-state index >= 15 is 0 Å². The highest BCUT2D eigenvalue weighted by molar-refractivity contribution is 9.10. The van der Waals surface area contributed by atoms with Gasteiger partial charge in [0.2, 0.25) is 0 Å². The van der Waals surface area contributed by atoms with Crippen LogP contribution in [-0.4, -0.2) is 16.0 Å². The summed E-state index contributed by atoms with van der Waals surface area (Å²) < 4.78 is 5.97. The van der Waals surface area contributed by atoms with Gasteiger partial charge in [0.25, 0.3) is 5.69 Å². The molecule has 1 aromatic carbocycles. The Labute approximate surface area is 121 Å². The molecule has 7 heteroatoms. The molecule has 20 heavy (non-hydrogen) atoms. The summed E-state index contributed by atoms with van der Waals surface area (Å²) in [5.74, 6) is -0.494. The summed E-state index contributed by atoms with van der Waals surface area (Å²) in [6, 6.07) is 7.70. The van der Waals surface area contributed by atoms with Crippen molar-refractivity contribution in [3.63, 3.8) is 0 Å². The van der Waals surface area contributed by atoms with E-state index in [1.807, 2.05) is 0 Å². The second-order valence-corrected chi connectivity index (χ2v) is 4.71. The maximum Gasteiger partial charge on any atom is 0.328 e. The van der Waals surface area contributed by atoms with Gasteiger partial charge in [-0.3, -0.25) is 10.1 Å². The number of hydrogen-bond acceptors (Lipinski definition) is 4. The fourth-order valence-corrected chi connectivity index (χ4v) is 1.95. The Hall–Kier alpha value is -2.41. The Balaban J connectivity index is 2.42. The summed E-state index contributed by atoms with van der Waals surface area (Å²) in [4.78, 5) is 20.9. The van der Waals surface area contributed by atoms with Crippen LogP contribution in [0.3, 0.4) is 0 Å². The number of carboxylic acid groups (broad SMARTS) is 1. The van der Waals surface area contributed by atoms with Gasteiger partial charge in [0.05, 0.1) is 10.5 Å². The number of aliphatic carboxylic acids is 1. The van der Waals surface area contributed by atoms with Crippen LogP contribution in [0.25, 0.3) is 17.4 Å². The highest BCUT2D eigenvalue weighted by Gasteiger charge is 2.18. The summed E-state index contributed by atoms with van der Waals surface area (Å²) >= 11 is 3.17. The molecule has 0 saturated carbocycles. The topological polar surface area (TPSA) is 93.6 Å². The quantitative estimate of drug-likeness (QED) is 0.521. The highest BCUT2D eigenvalue weighted by atomic mass is 79.9. The van der Waals surface area contributed by atoms with Gasteiger partial charge in [0, 0.05) is 16.6 Å². The first kappa shape index (κ1) is 14.0. The number of halogens is 1. The molecule has 2 rings (SSSR count). The molecule has 0 fully saturated rings. The van der Waals surface area contributed by atoms with Gasteiger partial charge in [-0.05, 0) is 30.3 Å². The van der Waals surface area contributed by atoms with Crippen LogP contribution in [0.5, 0.6) is 0 Å². The van der Waals surface area contributed by atoms with Crippen molar-refractivity contribution in [2.75, 3.05) is 0 Å². The molecule has 0 aliphatic heterocycles. The summed E-state index contributed by atoms with van der Waals surface area (Å²) in [6.45, 7) is 0. The van der Waals surface area contributed by atoms with Crippen LogP contribution >= 0.6 is 15.9 Å². The molecule has 1 aromatic heterocycles. The number of nitrogens with zero attached hydrogens (tertiary/aromatic N) is 1. The smallest absolute Gasteiger partial charge is 0.328 e. The largest absolute Gasteiger partial charge is 0.478 e. The molecule has 0 radical (unpaired) electrons. The van der Waals surface area contributed by atoms with E-state index in [9.17, 15) is 14.9 Å². The first-order valence-corrected chi connectivity index (χ1v) is 6.22. The predicted octanol–water partition coefficient (Wildman–Crippen LogP) is 3.72. The Morgan fingerprint density at radius 2 is 2.10 bits per heavy atom. The van der Waals surface area contributed by atoms with Crippen LogP contribution in [0.2, 0.25) is 0 Å². The van der Waals surface area contributed by atoms with Crippen LogP contribution in [0, 0.1) is 10.1 Å². The number of hydrogen-bond donors (Lipinski definition) is 1.